The van der Waals surface area contributed by atoms with Gasteiger partial charge in [-0.2, -0.15) is 0 Å². The normalized spacial score (nSPS) is 23.2. The largest absolute Gasteiger partial charge is 0.481 e. The number of carboxylic acids is 1. The maximum Gasteiger partial charge on any atom is 0.306 e. The first-order chi connectivity index (χ1) is 12.0. The summed E-state index contributed by atoms with van der Waals surface area (Å²) >= 11 is 0. The fourth-order valence-electron chi connectivity index (χ4n) is 3.52. The minimum atomic E-state index is -1.11. The topological polar surface area (TPSA) is 113 Å². The first kappa shape index (κ1) is 17.6. The number of benzene rings is 1. The van der Waals surface area contributed by atoms with Crippen LogP contribution >= 0.6 is 0 Å². The van der Waals surface area contributed by atoms with Gasteiger partial charge in [0.1, 0.15) is 6.10 Å². The van der Waals surface area contributed by atoms with E-state index in [2.05, 4.69) is 9.97 Å². The zero-order chi connectivity index (χ0) is 18.0. The summed E-state index contributed by atoms with van der Waals surface area (Å²) in [4.78, 5) is 19.6. The molecule has 0 radical (unpaired) electrons. The Morgan fingerprint density at radius 1 is 1.24 bits per heavy atom. The first-order valence-electron chi connectivity index (χ1n) is 8.40. The number of aliphatic carboxylic acids is 1. The molecule has 1 fully saturated rings. The van der Waals surface area contributed by atoms with Crippen molar-refractivity contribution in [1.82, 2.24) is 9.97 Å². The highest BCUT2D eigenvalue weighted by Gasteiger charge is 2.34. The number of fused-ring (bicyclic) bond motifs is 1. The summed E-state index contributed by atoms with van der Waals surface area (Å²) < 4.78 is 5.09. The third-order valence-corrected chi connectivity index (χ3v) is 5.04. The van der Waals surface area contributed by atoms with Gasteiger partial charge in [-0.3, -0.25) is 4.79 Å². The molecule has 3 rings (SSSR count). The number of carboxylic acid groups (broad SMARTS) is 1. The van der Waals surface area contributed by atoms with Crippen molar-refractivity contribution in [1.29, 1.82) is 0 Å². The lowest BCUT2D eigenvalue weighted by molar-refractivity contribution is -0.143. The molecule has 1 heterocycles. The van der Waals surface area contributed by atoms with Gasteiger partial charge in [-0.05, 0) is 37.7 Å². The number of hydrogen-bond donors (Lipinski definition) is 3. The molecule has 3 N–H and O–H groups in total. The number of carbonyl (C=O) groups is 1. The Hall–Kier alpha value is -2.25. The Balaban J connectivity index is 1.82. The summed E-state index contributed by atoms with van der Waals surface area (Å²) in [6.45, 7) is 0. The van der Waals surface area contributed by atoms with Crippen molar-refractivity contribution in [3.05, 3.63) is 30.0 Å². The molecule has 0 aliphatic heterocycles. The van der Waals surface area contributed by atoms with Crippen LogP contribution in [-0.4, -0.2) is 44.5 Å². The maximum absolute atomic E-state index is 11.1. The van der Waals surface area contributed by atoms with Crippen LogP contribution in [0.3, 0.4) is 0 Å². The molecule has 0 bridgehead atoms. The number of methoxy groups -OCH3 is 1. The van der Waals surface area contributed by atoms with Crippen LogP contribution in [0.4, 0.5) is 0 Å². The molecule has 0 unspecified atom stereocenters. The number of aliphatic hydroxyl groups excluding tert-OH is 2. The van der Waals surface area contributed by atoms with Gasteiger partial charge in [-0.1, -0.05) is 12.1 Å². The molecule has 1 aliphatic carbocycles. The van der Waals surface area contributed by atoms with Crippen molar-refractivity contribution in [3.63, 3.8) is 0 Å². The standard InChI is InChI=1S/C18H22N2O5/c1-25-14-9-19-13-4-2-3-12(15(13)20-14)17(22)16(21)10-5-7-11(8-6-10)18(23)24/h2-4,9-11,16-17,21-22H,5-8H2,1H3,(H,23,24)/t10?,11?,16-,17-/m1/s1. The summed E-state index contributed by atoms with van der Waals surface area (Å²) in [6, 6.07) is 5.26. The molecule has 2 aromatic rings. The van der Waals surface area contributed by atoms with Gasteiger partial charge >= 0.3 is 5.97 Å². The number of para-hydroxylation sites is 1. The molecule has 0 spiro atoms. The van der Waals surface area contributed by atoms with Crippen LogP contribution in [0.25, 0.3) is 11.0 Å². The maximum atomic E-state index is 11.1. The molecule has 25 heavy (non-hydrogen) atoms. The molecule has 0 saturated heterocycles. The van der Waals surface area contributed by atoms with Gasteiger partial charge in [0.15, 0.2) is 0 Å². The number of ether oxygens (including phenoxy) is 1. The second kappa shape index (κ2) is 7.33. The molecule has 134 valence electrons. The molecule has 2 atom stereocenters. The monoisotopic (exact) mass is 346 g/mol. The average molecular weight is 346 g/mol. The van der Waals surface area contributed by atoms with Gasteiger partial charge in [0.05, 0.1) is 36.4 Å². The van der Waals surface area contributed by atoms with E-state index in [1.165, 1.54) is 13.3 Å². The van der Waals surface area contributed by atoms with E-state index in [-0.39, 0.29) is 11.8 Å². The van der Waals surface area contributed by atoms with Crippen molar-refractivity contribution < 1.29 is 24.9 Å². The highest BCUT2D eigenvalue weighted by atomic mass is 16.5. The zero-order valence-corrected chi connectivity index (χ0v) is 14.0. The van der Waals surface area contributed by atoms with Crippen LogP contribution in [0.2, 0.25) is 0 Å². The summed E-state index contributed by atoms with van der Waals surface area (Å²) in [5.74, 6) is -0.943. The summed E-state index contributed by atoms with van der Waals surface area (Å²) in [5, 5.41) is 30.4. The number of hydrogen-bond acceptors (Lipinski definition) is 6. The second-order valence-electron chi connectivity index (χ2n) is 6.51. The second-order valence-corrected chi connectivity index (χ2v) is 6.51. The molecule has 1 aromatic heterocycles. The highest BCUT2D eigenvalue weighted by Crippen LogP contribution is 2.36. The quantitative estimate of drug-likeness (QED) is 0.758. The Morgan fingerprint density at radius 3 is 2.60 bits per heavy atom. The Morgan fingerprint density at radius 2 is 1.96 bits per heavy atom. The molecule has 0 amide bonds. The average Bonchev–Trinajstić information content (AvgIpc) is 2.66. The first-order valence-corrected chi connectivity index (χ1v) is 8.40. The lowest BCUT2D eigenvalue weighted by atomic mass is 9.77. The Labute approximate surface area is 145 Å². The van der Waals surface area contributed by atoms with Crippen LogP contribution in [0, 0.1) is 11.8 Å². The highest BCUT2D eigenvalue weighted by molar-refractivity contribution is 5.78. The molecule has 1 aromatic carbocycles. The predicted molar refractivity (Wildman–Crippen MR) is 90.1 cm³/mol. The summed E-state index contributed by atoms with van der Waals surface area (Å²) in [5.41, 5.74) is 1.60. The van der Waals surface area contributed by atoms with E-state index < -0.39 is 18.2 Å². The van der Waals surface area contributed by atoms with Crippen LogP contribution in [0.1, 0.15) is 37.4 Å². The van der Waals surface area contributed by atoms with Crippen molar-refractivity contribution in [2.24, 2.45) is 11.8 Å². The number of aliphatic hydroxyl groups is 2. The van der Waals surface area contributed by atoms with Gasteiger partial charge in [0.25, 0.3) is 0 Å². The SMILES string of the molecule is COc1cnc2cccc([C@@H](O)[C@H](O)C3CCC(C(=O)O)CC3)c2n1. The number of nitrogens with zero attached hydrogens (tertiary/aromatic N) is 2. The van der Waals surface area contributed by atoms with Crippen LogP contribution in [0.5, 0.6) is 5.88 Å². The molecule has 7 heteroatoms. The van der Waals surface area contributed by atoms with Crippen LogP contribution in [0.15, 0.2) is 24.4 Å². The Kier molecular flexibility index (Phi) is 5.15. The van der Waals surface area contributed by atoms with Gasteiger partial charge < -0.3 is 20.1 Å². The molecular formula is C18H22N2O5. The van der Waals surface area contributed by atoms with Crippen molar-refractivity contribution in [3.8, 4) is 5.88 Å². The number of rotatable bonds is 5. The molecular weight excluding hydrogens is 324 g/mol. The Bertz CT molecular complexity index is 758. The van der Waals surface area contributed by atoms with Crippen LogP contribution < -0.4 is 4.74 Å². The predicted octanol–water partition coefficient (Wildman–Crippen LogP) is 1.92. The van der Waals surface area contributed by atoms with Crippen molar-refractivity contribution in [2.45, 2.75) is 37.9 Å². The van der Waals surface area contributed by atoms with E-state index in [1.807, 2.05) is 0 Å². The fraction of sp³-hybridized carbons (Fsp3) is 0.500. The van der Waals surface area contributed by atoms with Crippen LogP contribution in [-0.2, 0) is 4.79 Å². The van der Waals surface area contributed by atoms with E-state index in [0.29, 0.717) is 48.2 Å². The number of aromatic nitrogens is 2. The van der Waals surface area contributed by atoms with E-state index >= 15 is 0 Å². The lowest BCUT2D eigenvalue weighted by Gasteiger charge is -2.32. The zero-order valence-electron chi connectivity index (χ0n) is 14.0. The minimum Gasteiger partial charge on any atom is -0.481 e. The van der Waals surface area contributed by atoms with Crippen molar-refractivity contribution in [2.75, 3.05) is 7.11 Å². The summed E-state index contributed by atoms with van der Waals surface area (Å²) in [6.07, 6.45) is 1.61. The van der Waals surface area contributed by atoms with Gasteiger partial charge in [-0.15, -0.1) is 0 Å². The molecule has 1 aliphatic rings. The smallest absolute Gasteiger partial charge is 0.306 e. The third-order valence-electron chi connectivity index (χ3n) is 5.04. The lowest BCUT2D eigenvalue weighted by Crippen LogP contribution is -2.32. The van der Waals surface area contributed by atoms with E-state index in [9.17, 15) is 15.0 Å². The van der Waals surface area contributed by atoms with E-state index in [1.54, 1.807) is 18.2 Å². The molecule has 1 saturated carbocycles. The molecule has 7 nitrogen and oxygen atoms in total. The van der Waals surface area contributed by atoms with Gasteiger partial charge in [0, 0.05) is 5.56 Å². The third kappa shape index (κ3) is 3.57. The van der Waals surface area contributed by atoms with Crippen molar-refractivity contribution >= 4 is 17.0 Å². The van der Waals surface area contributed by atoms with E-state index in [0.717, 1.165) is 0 Å². The van der Waals surface area contributed by atoms with Gasteiger partial charge in [-0.25, -0.2) is 9.97 Å². The van der Waals surface area contributed by atoms with E-state index in [4.69, 9.17) is 9.84 Å². The van der Waals surface area contributed by atoms with Gasteiger partial charge in [0.2, 0.25) is 5.88 Å². The minimum absolute atomic E-state index is 0.139. The fourth-order valence-corrected chi connectivity index (χ4v) is 3.52. The summed E-state index contributed by atoms with van der Waals surface area (Å²) in [7, 11) is 1.49.